The maximum atomic E-state index is 3.58. The minimum Gasteiger partial charge on any atom is -0.317 e. The van der Waals surface area contributed by atoms with Crippen LogP contribution in [-0.2, 0) is 0 Å². The summed E-state index contributed by atoms with van der Waals surface area (Å²) in [7, 11) is 2.28. The molecule has 1 aliphatic rings. The Balaban J connectivity index is 2.02. The maximum absolute atomic E-state index is 3.58. The highest BCUT2D eigenvalue weighted by Gasteiger charge is 2.17. The van der Waals surface area contributed by atoms with E-state index in [0.717, 1.165) is 6.04 Å². The fourth-order valence-corrected chi connectivity index (χ4v) is 2.37. The Hall–Kier alpha value is -0.0800. The Morgan fingerprint density at radius 2 is 1.94 bits per heavy atom. The van der Waals surface area contributed by atoms with Crippen molar-refractivity contribution in [3.8, 4) is 0 Å². The summed E-state index contributed by atoms with van der Waals surface area (Å²) >= 11 is 0. The van der Waals surface area contributed by atoms with Crippen molar-refractivity contribution >= 4 is 0 Å². The zero-order valence-electron chi connectivity index (χ0n) is 11.7. The third-order valence-electron chi connectivity index (χ3n) is 3.63. The summed E-state index contributed by atoms with van der Waals surface area (Å²) in [6, 6.07) is 0.830. The van der Waals surface area contributed by atoms with Crippen molar-refractivity contribution in [2.24, 2.45) is 5.41 Å². The number of piperidine rings is 1. The zero-order valence-corrected chi connectivity index (χ0v) is 11.7. The molecule has 0 aromatic rings. The second-order valence-electron chi connectivity index (χ2n) is 6.48. The van der Waals surface area contributed by atoms with Gasteiger partial charge in [-0.25, -0.2) is 0 Å². The molecule has 96 valence electrons. The molecule has 0 amide bonds. The second kappa shape index (κ2) is 6.61. The molecule has 1 heterocycles. The summed E-state index contributed by atoms with van der Waals surface area (Å²) in [5, 5.41) is 3.58. The molecular weight excluding hydrogens is 196 g/mol. The minimum atomic E-state index is 0.467. The van der Waals surface area contributed by atoms with Gasteiger partial charge in [0, 0.05) is 6.04 Å². The Bertz CT molecular complexity index is 184. The summed E-state index contributed by atoms with van der Waals surface area (Å²) in [5.74, 6) is 0. The highest BCUT2D eigenvalue weighted by molar-refractivity contribution is 4.75. The fourth-order valence-electron chi connectivity index (χ4n) is 2.37. The molecule has 1 saturated heterocycles. The van der Waals surface area contributed by atoms with E-state index >= 15 is 0 Å². The lowest BCUT2D eigenvalue weighted by atomic mass is 9.92. The molecule has 0 aromatic heterocycles. The quantitative estimate of drug-likeness (QED) is 0.725. The molecule has 2 nitrogen and oxygen atoms in total. The first kappa shape index (κ1) is 14.0. The normalized spacial score (nSPS) is 23.6. The highest BCUT2D eigenvalue weighted by atomic mass is 15.1. The van der Waals surface area contributed by atoms with Crippen LogP contribution < -0.4 is 5.32 Å². The van der Waals surface area contributed by atoms with Crippen molar-refractivity contribution in [3.05, 3.63) is 0 Å². The molecule has 1 rings (SSSR count). The van der Waals surface area contributed by atoms with Gasteiger partial charge in [0.2, 0.25) is 0 Å². The van der Waals surface area contributed by atoms with Gasteiger partial charge in [0.15, 0.2) is 0 Å². The van der Waals surface area contributed by atoms with E-state index < -0.39 is 0 Å². The predicted molar refractivity (Wildman–Crippen MR) is 71.8 cm³/mol. The van der Waals surface area contributed by atoms with E-state index in [2.05, 4.69) is 38.0 Å². The lowest BCUT2D eigenvalue weighted by Crippen LogP contribution is -2.38. The summed E-state index contributed by atoms with van der Waals surface area (Å²) < 4.78 is 0. The molecule has 1 aliphatic heterocycles. The fraction of sp³-hybridized carbons (Fsp3) is 1.00. The van der Waals surface area contributed by atoms with Crippen LogP contribution in [0.3, 0.4) is 0 Å². The average molecular weight is 226 g/mol. The molecule has 2 heteroatoms. The van der Waals surface area contributed by atoms with Crippen LogP contribution in [-0.4, -0.2) is 37.6 Å². The van der Waals surface area contributed by atoms with Crippen LogP contribution in [0.2, 0.25) is 0 Å². The second-order valence-corrected chi connectivity index (χ2v) is 6.48. The first-order chi connectivity index (χ1) is 7.49. The van der Waals surface area contributed by atoms with E-state index in [9.17, 15) is 0 Å². The molecule has 0 aromatic carbocycles. The molecule has 1 unspecified atom stereocenters. The number of likely N-dealkylation sites (tertiary alicyclic amines) is 1. The Morgan fingerprint density at radius 3 is 2.56 bits per heavy atom. The van der Waals surface area contributed by atoms with E-state index in [-0.39, 0.29) is 0 Å². The van der Waals surface area contributed by atoms with E-state index in [1.165, 1.54) is 51.7 Å². The first-order valence-electron chi connectivity index (χ1n) is 6.90. The average Bonchev–Trinajstić information content (AvgIpc) is 2.18. The molecule has 1 N–H and O–H groups in total. The van der Waals surface area contributed by atoms with Gasteiger partial charge >= 0.3 is 0 Å². The SMILES string of the molecule is CN1CCCCC1CCNCCC(C)(C)C. The Morgan fingerprint density at radius 1 is 1.19 bits per heavy atom. The molecule has 1 atom stereocenters. The maximum Gasteiger partial charge on any atom is 0.0104 e. The van der Waals surface area contributed by atoms with Crippen LogP contribution in [0.1, 0.15) is 52.9 Å². The third-order valence-corrected chi connectivity index (χ3v) is 3.63. The van der Waals surface area contributed by atoms with E-state index in [1.807, 2.05) is 0 Å². The molecule has 0 bridgehead atoms. The van der Waals surface area contributed by atoms with E-state index in [1.54, 1.807) is 0 Å². The summed E-state index contributed by atoms with van der Waals surface area (Å²) in [4.78, 5) is 2.54. The van der Waals surface area contributed by atoms with E-state index in [0.29, 0.717) is 5.41 Å². The lowest BCUT2D eigenvalue weighted by Gasteiger charge is -2.32. The standard InChI is InChI=1S/C14H30N2/c1-14(2,3)9-11-15-10-8-13-7-5-6-12-16(13)4/h13,15H,5-12H2,1-4H3. The molecule has 0 saturated carbocycles. The van der Waals surface area contributed by atoms with Crippen molar-refractivity contribution in [3.63, 3.8) is 0 Å². The highest BCUT2D eigenvalue weighted by Crippen LogP contribution is 2.18. The van der Waals surface area contributed by atoms with Gasteiger partial charge in [-0.05, 0) is 57.8 Å². The molecular formula is C14H30N2. The van der Waals surface area contributed by atoms with Crippen molar-refractivity contribution < 1.29 is 0 Å². The van der Waals surface area contributed by atoms with Gasteiger partial charge in [0.05, 0.1) is 0 Å². The van der Waals surface area contributed by atoms with Crippen molar-refractivity contribution in [2.75, 3.05) is 26.7 Å². The monoisotopic (exact) mass is 226 g/mol. The van der Waals surface area contributed by atoms with Gasteiger partial charge in [-0.15, -0.1) is 0 Å². The first-order valence-corrected chi connectivity index (χ1v) is 6.90. The predicted octanol–water partition coefficient (Wildman–Crippen LogP) is 2.89. The number of hydrogen-bond donors (Lipinski definition) is 1. The van der Waals surface area contributed by atoms with Gasteiger partial charge in [0.25, 0.3) is 0 Å². The van der Waals surface area contributed by atoms with Crippen molar-refractivity contribution in [1.29, 1.82) is 0 Å². The zero-order chi connectivity index (χ0) is 12.0. The van der Waals surface area contributed by atoms with Crippen molar-refractivity contribution in [1.82, 2.24) is 10.2 Å². The molecule has 16 heavy (non-hydrogen) atoms. The minimum absolute atomic E-state index is 0.467. The van der Waals surface area contributed by atoms with Gasteiger partial charge in [0.1, 0.15) is 0 Å². The van der Waals surface area contributed by atoms with Gasteiger partial charge in [-0.3, -0.25) is 0 Å². The number of nitrogens with one attached hydrogen (secondary N) is 1. The van der Waals surface area contributed by atoms with E-state index in [4.69, 9.17) is 0 Å². The molecule has 0 aliphatic carbocycles. The van der Waals surface area contributed by atoms with Crippen molar-refractivity contribution in [2.45, 2.75) is 58.9 Å². The van der Waals surface area contributed by atoms with Gasteiger partial charge in [-0.1, -0.05) is 27.2 Å². The van der Waals surface area contributed by atoms with Gasteiger partial charge in [-0.2, -0.15) is 0 Å². The van der Waals surface area contributed by atoms with Crippen LogP contribution in [0.5, 0.6) is 0 Å². The smallest absolute Gasteiger partial charge is 0.0104 e. The van der Waals surface area contributed by atoms with Crippen LogP contribution in [0, 0.1) is 5.41 Å². The van der Waals surface area contributed by atoms with Gasteiger partial charge < -0.3 is 10.2 Å². The Labute approximate surface area is 102 Å². The number of hydrogen-bond acceptors (Lipinski definition) is 2. The summed E-state index contributed by atoms with van der Waals surface area (Å²) in [5.41, 5.74) is 0.467. The van der Waals surface area contributed by atoms with Crippen LogP contribution in [0.25, 0.3) is 0 Å². The summed E-state index contributed by atoms with van der Waals surface area (Å²) in [6.07, 6.45) is 6.81. The van der Waals surface area contributed by atoms with Crippen LogP contribution >= 0.6 is 0 Å². The number of nitrogens with zero attached hydrogens (tertiary/aromatic N) is 1. The number of rotatable bonds is 5. The molecule has 0 radical (unpaired) electrons. The third kappa shape index (κ3) is 5.86. The topological polar surface area (TPSA) is 15.3 Å². The largest absolute Gasteiger partial charge is 0.317 e. The lowest BCUT2D eigenvalue weighted by molar-refractivity contribution is 0.175. The van der Waals surface area contributed by atoms with Crippen LogP contribution in [0.15, 0.2) is 0 Å². The Kier molecular flexibility index (Phi) is 5.77. The van der Waals surface area contributed by atoms with Crippen LogP contribution in [0.4, 0.5) is 0 Å². The molecule has 0 spiro atoms. The summed E-state index contributed by atoms with van der Waals surface area (Å²) in [6.45, 7) is 10.6. The molecule has 1 fully saturated rings.